The number of aliphatic hydroxyl groups excluding tert-OH is 1. The number of fused-ring (bicyclic) bond motifs is 1. The summed E-state index contributed by atoms with van der Waals surface area (Å²) in [6.07, 6.45) is 2.72. The lowest BCUT2D eigenvalue weighted by molar-refractivity contribution is 0.124. The Labute approximate surface area is 131 Å². The molecular weight excluding hydrogens is 278 g/mol. The van der Waals surface area contributed by atoms with Crippen LogP contribution < -0.4 is 5.32 Å². The summed E-state index contributed by atoms with van der Waals surface area (Å²) in [5, 5.41) is 14.1. The van der Waals surface area contributed by atoms with Crippen LogP contribution in [0.2, 0.25) is 0 Å². The van der Waals surface area contributed by atoms with Gasteiger partial charge in [0.05, 0.1) is 6.61 Å². The first kappa shape index (κ1) is 15.5. The molecule has 2 heterocycles. The third kappa shape index (κ3) is 3.05. The molecule has 3 rings (SSSR count). The predicted octanol–water partition coefficient (Wildman–Crippen LogP) is 2.87. The molecular formula is C18H25NO3. The first-order chi connectivity index (χ1) is 10.8. The topological polar surface area (TPSA) is 54.6 Å². The number of furan rings is 1. The molecule has 22 heavy (non-hydrogen) atoms. The fraction of sp³-hybridized carbons (Fsp3) is 0.556. The Kier molecular flexibility index (Phi) is 4.81. The van der Waals surface area contributed by atoms with Crippen molar-refractivity contribution in [3.8, 4) is 0 Å². The quantitative estimate of drug-likeness (QED) is 0.826. The van der Waals surface area contributed by atoms with E-state index in [-0.39, 0.29) is 12.0 Å². The summed E-state index contributed by atoms with van der Waals surface area (Å²) in [6.45, 7) is 5.56. The number of hydrogen-bond acceptors (Lipinski definition) is 4. The average Bonchev–Trinajstić information content (AvgIpc) is 3.13. The molecule has 1 aliphatic rings. The van der Waals surface area contributed by atoms with Crippen molar-refractivity contribution in [3.05, 3.63) is 35.6 Å². The first-order valence-corrected chi connectivity index (χ1v) is 8.16. The van der Waals surface area contributed by atoms with Crippen LogP contribution >= 0.6 is 0 Å². The van der Waals surface area contributed by atoms with Gasteiger partial charge in [-0.15, -0.1) is 0 Å². The minimum atomic E-state index is 0.0840. The van der Waals surface area contributed by atoms with Gasteiger partial charge < -0.3 is 19.6 Å². The zero-order chi connectivity index (χ0) is 15.4. The summed E-state index contributed by atoms with van der Waals surface area (Å²) in [6, 6.07) is 8.21. The lowest BCUT2D eigenvalue weighted by Gasteiger charge is -2.26. The molecule has 1 atom stereocenters. The Balaban J connectivity index is 1.71. The summed E-state index contributed by atoms with van der Waals surface area (Å²) >= 11 is 0. The van der Waals surface area contributed by atoms with Gasteiger partial charge in [-0.05, 0) is 18.9 Å². The van der Waals surface area contributed by atoms with E-state index >= 15 is 0 Å². The summed E-state index contributed by atoms with van der Waals surface area (Å²) in [5.74, 6) is 1.06. The molecule has 1 fully saturated rings. The van der Waals surface area contributed by atoms with E-state index in [1.54, 1.807) is 0 Å². The van der Waals surface area contributed by atoms with Gasteiger partial charge in [-0.25, -0.2) is 0 Å². The van der Waals surface area contributed by atoms with Crippen molar-refractivity contribution in [2.45, 2.75) is 32.7 Å². The van der Waals surface area contributed by atoms with E-state index in [0.717, 1.165) is 56.9 Å². The second-order valence-corrected chi connectivity index (χ2v) is 6.23. The highest BCUT2D eigenvalue weighted by Gasteiger charge is 2.34. The lowest BCUT2D eigenvalue weighted by Crippen LogP contribution is -2.35. The van der Waals surface area contributed by atoms with E-state index in [2.05, 4.69) is 24.4 Å². The molecule has 1 aliphatic heterocycles. The third-order valence-corrected chi connectivity index (χ3v) is 4.73. The second kappa shape index (κ2) is 6.82. The van der Waals surface area contributed by atoms with Crippen molar-refractivity contribution in [2.24, 2.45) is 5.41 Å². The van der Waals surface area contributed by atoms with Crippen LogP contribution in [0.4, 0.5) is 0 Å². The first-order valence-electron chi connectivity index (χ1n) is 8.16. The highest BCUT2D eigenvalue weighted by atomic mass is 16.5. The third-order valence-electron chi connectivity index (χ3n) is 4.73. The summed E-state index contributed by atoms with van der Waals surface area (Å²) < 4.78 is 11.5. The van der Waals surface area contributed by atoms with Crippen LogP contribution in [0.1, 0.15) is 31.1 Å². The maximum absolute atomic E-state index is 9.30. The van der Waals surface area contributed by atoms with E-state index in [0.29, 0.717) is 0 Å². The number of nitrogens with one attached hydrogen (secondary N) is 1. The van der Waals surface area contributed by atoms with E-state index in [4.69, 9.17) is 9.15 Å². The number of para-hydroxylation sites is 1. The largest absolute Gasteiger partial charge is 0.461 e. The van der Waals surface area contributed by atoms with Crippen molar-refractivity contribution in [1.29, 1.82) is 0 Å². The normalized spacial score (nSPS) is 21.7. The van der Waals surface area contributed by atoms with Crippen LogP contribution in [0.25, 0.3) is 11.0 Å². The summed E-state index contributed by atoms with van der Waals surface area (Å²) in [4.78, 5) is 0. The Morgan fingerprint density at radius 2 is 2.18 bits per heavy atom. The summed E-state index contributed by atoms with van der Waals surface area (Å²) in [5.41, 5.74) is 2.31. The number of aryl methyl sites for hydroxylation is 1. The van der Waals surface area contributed by atoms with Crippen LogP contribution in [0.15, 0.2) is 28.7 Å². The summed E-state index contributed by atoms with van der Waals surface area (Å²) in [7, 11) is 0. The molecule has 0 aliphatic carbocycles. The standard InChI is InChI=1S/C18H25NO3/c1-2-16-15(14-5-3-4-6-17(14)22-16)11-19-12-18(7-9-20)8-10-21-13-18/h3-6,19-20H,2,7-13H2,1H3. The minimum Gasteiger partial charge on any atom is -0.461 e. The zero-order valence-corrected chi connectivity index (χ0v) is 13.2. The molecule has 1 saturated heterocycles. The SMILES string of the molecule is CCc1oc2ccccc2c1CNCC1(CCO)CCOC1. The van der Waals surface area contributed by atoms with Crippen molar-refractivity contribution in [3.63, 3.8) is 0 Å². The van der Waals surface area contributed by atoms with Gasteiger partial charge >= 0.3 is 0 Å². The fourth-order valence-electron chi connectivity index (χ4n) is 3.39. The van der Waals surface area contributed by atoms with E-state index in [1.807, 2.05) is 12.1 Å². The van der Waals surface area contributed by atoms with Gasteiger partial charge in [-0.3, -0.25) is 0 Å². The minimum absolute atomic E-state index is 0.0840. The molecule has 2 N–H and O–H groups in total. The lowest BCUT2D eigenvalue weighted by atomic mass is 9.84. The average molecular weight is 303 g/mol. The van der Waals surface area contributed by atoms with Gasteiger partial charge in [0.2, 0.25) is 0 Å². The molecule has 0 radical (unpaired) electrons. The monoisotopic (exact) mass is 303 g/mol. The maximum atomic E-state index is 9.30. The van der Waals surface area contributed by atoms with Crippen LogP contribution in [0.5, 0.6) is 0 Å². The van der Waals surface area contributed by atoms with Gasteiger partial charge in [0, 0.05) is 49.1 Å². The van der Waals surface area contributed by atoms with Crippen LogP contribution in [0, 0.1) is 5.41 Å². The molecule has 0 bridgehead atoms. The van der Waals surface area contributed by atoms with Crippen molar-refractivity contribution in [1.82, 2.24) is 5.32 Å². The number of hydrogen-bond donors (Lipinski definition) is 2. The molecule has 0 amide bonds. The number of benzene rings is 1. The van der Waals surface area contributed by atoms with Crippen molar-refractivity contribution >= 4 is 11.0 Å². The molecule has 2 aromatic rings. The Bertz CT molecular complexity index is 614. The molecule has 1 unspecified atom stereocenters. The van der Waals surface area contributed by atoms with Crippen LogP contribution in [-0.2, 0) is 17.7 Å². The molecule has 1 aromatic carbocycles. The molecule has 4 heteroatoms. The van der Waals surface area contributed by atoms with Gasteiger partial charge in [0.15, 0.2) is 0 Å². The van der Waals surface area contributed by atoms with Gasteiger partial charge in [-0.1, -0.05) is 25.1 Å². The number of rotatable bonds is 7. The predicted molar refractivity (Wildman–Crippen MR) is 86.9 cm³/mol. The van der Waals surface area contributed by atoms with Crippen LogP contribution in [0.3, 0.4) is 0 Å². The molecule has 4 nitrogen and oxygen atoms in total. The Morgan fingerprint density at radius 1 is 1.32 bits per heavy atom. The van der Waals surface area contributed by atoms with Crippen LogP contribution in [-0.4, -0.2) is 31.5 Å². The molecule has 1 aromatic heterocycles. The van der Waals surface area contributed by atoms with E-state index < -0.39 is 0 Å². The van der Waals surface area contributed by atoms with E-state index in [9.17, 15) is 5.11 Å². The smallest absolute Gasteiger partial charge is 0.134 e. The zero-order valence-electron chi connectivity index (χ0n) is 13.2. The Morgan fingerprint density at radius 3 is 2.91 bits per heavy atom. The molecule has 120 valence electrons. The van der Waals surface area contributed by atoms with Crippen molar-refractivity contribution < 1.29 is 14.3 Å². The number of aliphatic hydroxyl groups is 1. The number of ether oxygens (including phenoxy) is 1. The molecule has 0 saturated carbocycles. The van der Waals surface area contributed by atoms with Gasteiger partial charge in [-0.2, -0.15) is 0 Å². The van der Waals surface area contributed by atoms with E-state index in [1.165, 1.54) is 10.9 Å². The molecule has 0 spiro atoms. The highest BCUT2D eigenvalue weighted by molar-refractivity contribution is 5.82. The fourth-order valence-corrected chi connectivity index (χ4v) is 3.39. The van der Waals surface area contributed by atoms with Gasteiger partial charge in [0.1, 0.15) is 11.3 Å². The highest BCUT2D eigenvalue weighted by Crippen LogP contribution is 2.32. The second-order valence-electron chi connectivity index (χ2n) is 6.23. The van der Waals surface area contributed by atoms with Crippen molar-refractivity contribution in [2.75, 3.05) is 26.4 Å². The van der Waals surface area contributed by atoms with Gasteiger partial charge in [0.25, 0.3) is 0 Å². The maximum Gasteiger partial charge on any atom is 0.134 e. The Hall–Kier alpha value is -1.36.